The Morgan fingerprint density at radius 2 is 2.38 bits per heavy atom. The lowest BCUT2D eigenvalue weighted by Gasteiger charge is -2.03. The number of pyridine rings is 1. The molecule has 0 saturated carbocycles. The van der Waals surface area contributed by atoms with Gasteiger partial charge in [-0.15, -0.1) is 0 Å². The second-order valence-corrected chi connectivity index (χ2v) is 3.11. The van der Waals surface area contributed by atoms with Crippen molar-refractivity contribution in [2.45, 2.75) is 6.92 Å². The van der Waals surface area contributed by atoms with Crippen molar-refractivity contribution in [2.75, 3.05) is 6.61 Å². The average molecular weight is 217 g/mol. The minimum atomic E-state index is -0.195. The fourth-order valence-electron chi connectivity index (χ4n) is 1.31. The first kappa shape index (κ1) is 10.4. The van der Waals surface area contributed by atoms with Gasteiger partial charge in [0.1, 0.15) is 5.75 Å². The summed E-state index contributed by atoms with van der Waals surface area (Å²) >= 11 is 0. The molecule has 0 aromatic carbocycles. The van der Waals surface area contributed by atoms with Gasteiger partial charge >= 0.3 is 0 Å². The molecule has 2 aromatic rings. The van der Waals surface area contributed by atoms with Gasteiger partial charge in [-0.25, -0.2) is 4.98 Å². The molecule has 0 aliphatic rings. The Hall–Kier alpha value is -2.17. The van der Waals surface area contributed by atoms with E-state index in [1.54, 1.807) is 18.5 Å². The molecule has 2 heterocycles. The van der Waals surface area contributed by atoms with Crippen molar-refractivity contribution in [1.82, 2.24) is 15.0 Å². The summed E-state index contributed by atoms with van der Waals surface area (Å²) in [5, 5.41) is 0. The van der Waals surface area contributed by atoms with Crippen LogP contribution in [-0.2, 0) is 0 Å². The Morgan fingerprint density at radius 1 is 1.50 bits per heavy atom. The number of nitrogens with zero attached hydrogens (tertiary/aromatic N) is 2. The molecule has 0 fully saturated rings. The first-order valence-corrected chi connectivity index (χ1v) is 4.93. The lowest BCUT2D eigenvalue weighted by Crippen LogP contribution is -2.04. The number of nitrogens with one attached hydrogen (secondary N) is 1. The van der Waals surface area contributed by atoms with Gasteiger partial charge in [-0.05, 0) is 13.0 Å². The summed E-state index contributed by atoms with van der Waals surface area (Å²) in [6, 6.07) is 1.65. The van der Waals surface area contributed by atoms with Gasteiger partial charge in [0.2, 0.25) is 5.78 Å². The van der Waals surface area contributed by atoms with Crippen LogP contribution in [0.2, 0.25) is 0 Å². The van der Waals surface area contributed by atoms with Gasteiger partial charge < -0.3 is 9.72 Å². The van der Waals surface area contributed by atoms with Crippen molar-refractivity contribution < 1.29 is 9.53 Å². The monoisotopic (exact) mass is 217 g/mol. The molecular formula is C11H11N3O2. The summed E-state index contributed by atoms with van der Waals surface area (Å²) in [5.41, 5.74) is 0.459. The summed E-state index contributed by atoms with van der Waals surface area (Å²) < 4.78 is 5.27. The van der Waals surface area contributed by atoms with Gasteiger partial charge in [0.15, 0.2) is 5.82 Å². The number of hydrogen-bond donors (Lipinski definition) is 1. The minimum Gasteiger partial charge on any atom is -0.492 e. The summed E-state index contributed by atoms with van der Waals surface area (Å²) in [6.45, 7) is 2.42. The van der Waals surface area contributed by atoms with Crippen LogP contribution in [0, 0.1) is 0 Å². The van der Waals surface area contributed by atoms with E-state index in [-0.39, 0.29) is 5.78 Å². The number of ketones is 1. The molecule has 5 nitrogen and oxygen atoms in total. The predicted molar refractivity (Wildman–Crippen MR) is 57.4 cm³/mol. The lowest BCUT2D eigenvalue weighted by molar-refractivity contribution is 0.102. The van der Waals surface area contributed by atoms with Crippen LogP contribution in [0.1, 0.15) is 23.1 Å². The highest BCUT2D eigenvalue weighted by Gasteiger charge is 2.12. The van der Waals surface area contributed by atoms with E-state index < -0.39 is 0 Å². The van der Waals surface area contributed by atoms with Crippen LogP contribution in [-0.4, -0.2) is 27.3 Å². The summed E-state index contributed by atoms with van der Waals surface area (Å²) in [4.78, 5) is 22.5. The Labute approximate surface area is 92.5 Å². The van der Waals surface area contributed by atoms with Crippen LogP contribution in [0.5, 0.6) is 5.75 Å². The second kappa shape index (κ2) is 4.57. The number of H-pyrrole nitrogens is 1. The zero-order valence-corrected chi connectivity index (χ0v) is 8.80. The topological polar surface area (TPSA) is 67.9 Å². The normalized spacial score (nSPS) is 10.1. The van der Waals surface area contributed by atoms with Crippen molar-refractivity contribution in [3.8, 4) is 5.75 Å². The largest absolute Gasteiger partial charge is 0.492 e. The minimum absolute atomic E-state index is 0.195. The van der Waals surface area contributed by atoms with E-state index in [9.17, 15) is 4.79 Å². The van der Waals surface area contributed by atoms with Crippen LogP contribution < -0.4 is 4.74 Å². The number of ether oxygens (including phenoxy) is 1. The number of aromatic amines is 1. The molecule has 1 N–H and O–H groups in total. The highest BCUT2D eigenvalue weighted by Crippen LogP contribution is 2.13. The van der Waals surface area contributed by atoms with Crippen molar-refractivity contribution in [3.63, 3.8) is 0 Å². The number of hydrogen-bond acceptors (Lipinski definition) is 4. The molecule has 5 heteroatoms. The van der Waals surface area contributed by atoms with Crippen LogP contribution in [0.25, 0.3) is 0 Å². The fraction of sp³-hybridized carbons (Fsp3) is 0.182. The SMILES string of the molecule is CCOc1cncc(C(=O)c2ncc[nH]2)c1. The zero-order valence-electron chi connectivity index (χ0n) is 8.80. The van der Waals surface area contributed by atoms with E-state index in [4.69, 9.17) is 4.74 Å². The third-order valence-electron chi connectivity index (χ3n) is 2.00. The van der Waals surface area contributed by atoms with Crippen LogP contribution in [0.3, 0.4) is 0 Å². The molecule has 0 amide bonds. The summed E-state index contributed by atoms with van der Waals surface area (Å²) in [6.07, 6.45) is 6.20. The maximum Gasteiger partial charge on any atom is 0.229 e. The predicted octanol–water partition coefficient (Wildman–Crippen LogP) is 1.43. The third kappa shape index (κ3) is 2.08. The lowest BCUT2D eigenvalue weighted by atomic mass is 10.2. The van der Waals surface area contributed by atoms with E-state index in [0.717, 1.165) is 0 Å². The molecule has 0 aliphatic heterocycles. The van der Waals surface area contributed by atoms with Crippen molar-refractivity contribution in [3.05, 3.63) is 42.2 Å². The molecule has 0 bridgehead atoms. The second-order valence-electron chi connectivity index (χ2n) is 3.11. The van der Waals surface area contributed by atoms with Gasteiger partial charge in [0.25, 0.3) is 0 Å². The van der Waals surface area contributed by atoms with Crippen molar-refractivity contribution in [1.29, 1.82) is 0 Å². The summed E-state index contributed by atoms with van der Waals surface area (Å²) in [5.74, 6) is 0.689. The highest BCUT2D eigenvalue weighted by atomic mass is 16.5. The van der Waals surface area contributed by atoms with Gasteiger partial charge in [-0.3, -0.25) is 9.78 Å². The first-order chi connectivity index (χ1) is 7.81. The molecule has 0 saturated heterocycles. The molecule has 0 spiro atoms. The molecule has 0 aliphatic carbocycles. The van der Waals surface area contributed by atoms with Gasteiger partial charge in [0.05, 0.1) is 12.8 Å². The number of carbonyl (C=O) groups is 1. The van der Waals surface area contributed by atoms with Crippen molar-refractivity contribution >= 4 is 5.78 Å². The first-order valence-electron chi connectivity index (χ1n) is 4.93. The van der Waals surface area contributed by atoms with Crippen molar-refractivity contribution in [2.24, 2.45) is 0 Å². The van der Waals surface area contributed by atoms with Crippen LogP contribution >= 0.6 is 0 Å². The van der Waals surface area contributed by atoms with E-state index in [2.05, 4.69) is 15.0 Å². The summed E-state index contributed by atoms with van der Waals surface area (Å²) in [7, 11) is 0. The standard InChI is InChI=1S/C11H11N3O2/c1-2-16-9-5-8(6-12-7-9)10(15)11-13-3-4-14-11/h3-7H,2H2,1H3,(H,13,14). The molecule has 16 heavy (non-hydrogen) atoms. The highest BCUT2D eigenvalue weighted by molar-refractivity contribution is 6.06. The fourth-order valence-corrected chi connectivity index (χ4v) is 1.31. The molecule has 0 atom stereocenters. The Morgan fingerprint density at radius 3 is 3.06 bits per heavy atom. The third-order valence-corrected chi connectivity index (χ3v) is 2.00. The molecule has 2 rings (SSSR count). The van der Waals surface area contributed by atoms with Crippen LogP contribution in [0.15, 0.2) is 30.9 Å². The van der Waals surface area contributed by atoms with Gasteiger partial charge in [0, 0.05) is 24.2 Å². The Kier molecular flexibility index (Phi) is 2.95. The van der Waals surface area contributed by atoms with Crippen LogP contribution in [0.4, 0.5) is 0 Å². The maximum atomic E-state index is 11.9. The zero-order chi connectivity index (χ0) is 11.4. The Bertz CT molecular complexity index is 480. The smallest absolute Gasteiger partial charge is 0.229 e. The number of imidazole rings is 1. The van der Waals surface area contributed by atoms with E-state index in [1.807, 2.05) is 6.92 Å². The van der Waals surface area contributed by atoms with Gasteiger partial charge in [-0.2, -0.15) is 0 Å². The average Bonchev–Trinajstić information content (AvgIpc) is 2.82. The molecule has 82 valence electrons. The molecule has 0 unspecified atom stereocenters. The Balaban J connectivity index is 2.27. The van der Waals surface area contributed by atoms with E-state index >= 15 is 0 Å². The van der Waals surface area contributed by atoms with Gasteiger partial charge in [-0.1, -0.05) is 0 Å². The maximum absolute atomic E-state index is 11.9. The van der Waals surface area contributed by atoms with E-state index in [0.29, 0.717) is 23.7 Å². The van der Waals surface area contributed by atoms with E-state index in [1.165, 1.54) is 12.4 Å². The molecule has 0 radical (unpaired) electrons. The molecule has 2 aromatic heterocycles. The number of carbonyl (C=O) groups excluding carboxylic acids is 1. The quantitative estimate of drug-likeness (QED) is 0.787. The molecular weight excluding hydrogens is 206 g/mol. The number of aromatic nitrogens is 3. The number of rotatable bonds is 4.